The number of carbonyl (C=O) groups is 1. The molecule has 2 aromatic heterocycles. The first-order chi connectivity index (χ1) is 10.2. The summed E-state index contributed by atoms with van der Waals surface area (Å²) in [6, 6.07) is 3.28. The molecule has 2 aromatic rings. The molecule has 0 aromatic carbocycles. The Morgan fingerprint density at radius 1 is 1.38 bits per heavy atom. The molecule has 2 fully saturated rings. The zero-order valence-electron chi connectivity index (χ0n) is 12.0. The number of piperidine rings is 1. The predicted octanol–water partition coefficient (Wildman–Crippen LogP) is 1.05. The highest BCUT2D eigenvalue weighted by Gasteiger charge is 2.34. The highest BCUT2D eigenvalue weighted by atomic mass is 16.1. The van der Waals surface area contributed by atoms with Crippen LogP contribution in [0.1, 0.15) is 41.7 Å². The highest BCUT2D eigenvalue weighted by molar-refractivity contribution is 5.99. The third-order valence-corrected chi connectivity index (χ3v) is 4.56. The van der Waals surface area contributed by atoms with Gasteiger partial charge in [0, 0.05) is 30.0 Å². The Hall–Kier alpha value is -1.95. The maximum Gasteiger partial charge on any atom is 0.256 e. The van der Waals surface area contributed by atoms with Gasteiger partial charge in [-0.05, 0) is 38.7 Å². The molecule has 2 saturated heterocycles. The van der Waals surface area contributed by atoms with Gasteiger partial charge in [0.1, 0.15) is 5.56 Å². The molecule has 2 atom stereocenters. The monoisotopic (exact) mass is 285 g/mol. The van der Waals surface area contributed by atoms with E-state index in [2.05, 4.69) is 20.7 Å². The number of hydrogen-bond donors (Lipinski definition) is 2. The molecule has 4 rings (SSSR count). The Bertz CT molecular complexity index is 682. The molecule has 6 nitrogen and oxygen atoms in total. The van der Waals surface area contributed by atoms with E-state index in [4.69, 9.17) is 0 Å². The first-order valence-corrected chi connectivity index (χ1v) is 7.57. The number of nitrogens with zero attached hydrogens (tertiary/aromatic N) is 3. The normalized spacial score (nSPS) is 28.0. The van der Waals surface area contributed by atoms with Crippen LogP contribution in [0.3, 0.4) is 0 Å². The maximum atomic E-state index is 12.5. The van der Waals surface area contributed by atoms with E-state index in [1.165, 1.54) is 12.8 Å². The van der Waals surface area contributed by atoms with Crippen molar-refractivity contribution in [3.63, 3.8) is 0 Å². The van der Waals surface area contributed by atoms with Crippen LogP contribution < -0.4 is 10.6 Å². The smallest absolute Gasteiger partial charge is 0.256 e. The molecule has 2 aliphatic rings. The van der Waals surface area contributed by atoms with E-state index in [1.54, 1.807) is 10.7 Å². The number of aromatic nitrogens is 3. The van der Waals surface area contributed by atoms with Crippen LogP contribution >= 0.6 is 0 Å². The Kier molecular flexibility index (Phi) is 2.92. The molecule has 6 heteroatoms. The molecule has 21 heavy (non-hydrogen) atoms. The van der Waals surface area contributed by atoms with Crippen LogP contribution in [-0.2, 0) is 0 Å². The third kappa shape index (κ3) is 2.29. The first-order valence-electron chi connectivity index (χ1n) is 7.57. The van der Waals surface area contributed by atoms with Crippen molar-refractivity contribution in [1.29, 1.82) is 0 Å². The second-order valence-electron chi connectivity index (χ2n) is 6.17. The molecule has 1 amide bonds. The zero-order valence-corrected chi connectivity index (χ0v) is 12.0. The fourth-order valence-electron chi connectivity index (χ4n) is 3.56. The van der Waals surface area contributed by atoms with Crippen molar-refractivity contribution in [3.8, 4) is 0 Å². The molecule has 0 radical (unpaired) electrons. The van der Waals surface area contributed by atoms with E-state index in [0.29, 0.717) is 23.3 Å². The number of aryl methyl sites for hydroxylation is 1. The molecular weight excluding hydrogens is 266 g/mol. The van der Waals surface area contributed by atoms with E-state index in [9.17, 15) is 4.79 Å². The number of nitrogens with one attached hydrogen (secondary N) is 2. The zero-order chi connectivity index (χ0) is 14.4. The third-order valence-electron chi connectivity index (χ3n) is 4.56. The van der Waals surface area contributed by atoms with Crippen LogP contribution in [0.2, 0.25) is 0 Å². The van der Waals surface area contributed by atoms with Crippen LogP contribution in [0.25, 0.3) is 5.65 Å². The Morgan fingerprint density at radius 3 is 2.90 bits per heavy atom. The lowest BCUT2D eigenvalue weighted by Gasteiger charge is -2.29. The van der Waals surface area contributed by atoms with Gasteiger partial charge >= 0.3 is 0 Å². The predicted molar refractivity (Wildman–Crippen MR) is 78.2 cm³/mol. The van der Waals surface area contributed by atoms with Crippen molar-refractivity contribution in [1.82, 2.24) is 25.2 Å². The summed E-state index contributed by atoms with van der Waals surface area (Å²) in [4.78, 5) is 16.9. The van der Waals surface area contributed by atoms with Gasteiger partial charge in [-0.2, -0.15) is 5.10 Å². The summed E-state index contributed by atoms with van der Waals surface area (Å²) in [6.45, 7) is 1.92. The van der Waals surface area contributed by atoms with Crippen molar-refractivity contribution >= 4 is 11.6 Å². The van der Waals surface area contributed by atoms with Crippen LogP contribution in [0.4, 0.5) is 0 Å². The van der Waals surface area contributed by atoms with Crippen molar-refractivity contribution in [2.45, 2.75) is 50.7 Å². The molecule has 4 heterocycles. The van der Waals surface area contributed by atoms with Crippen LogP contribution in [-0.4, -0.2) is 38.6 Å². The Balaban J connectivity index is 1.55. The maximum absolute atomic E-state index is 12.5. The number of carbonyl (C=O) groups excluding carboxylic acids is 1. The quantitative estimate of drug-likeness (QED) is 0.865. The molecule has 110 valence electrons. The van der Waals surface area contributed by atoms with Gasteiger partial charge in [0.15, 0.2) is 5.65 Å². The second kappa shape index (κ2) is 4.80. The Labute approximate surface area is 122 Å². The SMILES string of the molecule is Cc1ccn2ncc(C(=O)NC3CC4CCC(C3)N4)c2n1. The van der Waals surface area contributed by atoms with Gasteiger partial charge in [-0.25, -0.2) is 9.50 Å². The number of amides is 1. The van der Waals surface area contributed by atoms with Crippen molar-refractivity contribution in [2.75, 3.05) is 0 Å². The average Bonchev–Trinajstić information content (AvgIpc) is 3.02. The minimum absolute atomic E-state index is 0.0607. The fraction of sp³-hybridized carbons (Fsp3) is 0.533. The summed E-state index contributed by atoms with van der Waals surface area (Å²) >= 11 is 0. The standard InChI is InChI=1S/C15H19N5O/c1-9-4-5-20-14(17-9)13(8-16-20)15(21)19-12-6-10-2-3-11(7-12)18-10/h4-5,8,10-12,18H,2-3,6-7H2,1H3,(H,19,21). The van der Waals surface area contributed by atoms with E-state index >= 15 is 0 Å². The van der Waals surface area contributed by atoms with Crippen molar-refractivity contribution < 1.29 is 4.79 Å². The van der Waals surface area contributed by atoms with Gasteiger partial charge in [0.05, 0.1) is 6.20 Å². The van der Waals surface area contributed by atoms with Crippen molar-refractivity contribution in [2.24, 2.45) is 0 Å². The lowest BCUT2D eigenvalue weighted by atomic mass is 9.99. The van der Waals surface area contributed by atoms with Gasteiger partial charge in [0.25, 0.3) is 5.91 Å². The van der Waals surface area contributed by atoms with E-state index in [0.717, 1.165) is 18.5 Å². The highest BCUT2D eigenvalue weighted by Crippen LogP contribution is 2.27. The summed E-state index contributed by atoms with van der Waals surface area (Å²) in [7, 11) is 0. The fourth-order valence-corrected chi connectivity index (χ4v) is 3.56. The molecule has 2 unspecified atom stereocenters. The van der Waals surface area contributed by atoms with Gasteiger partial charge in [-0.15, -0.1) is 0 Å². The van der Waals surface area contributed by atoms with E-state index < -0.39 is 0 Å². The van der Waals surface area contributed by atoms with Gasteiger partial charge < -0.3 is 10.6 Å². The molecular formula is C15H19N5O. The summed E-state index contributed by atoms with van der Waals surface area (Å²) in [5.74, 6) is -0.0607. The first kappa shape index (κ1) is 12.8. The summed E-state index contributed by atoms with van der Waals surface area (Å²) in [6.07, 6.45) is 7.94. The summed E-state index contributed by atoms with van der Waals surface area (Å²) in [5, 5.41) is 10.9. The summed E-state index contributed by atoms with van der Waals surface area (Å²) in [5.41, 5.74) is 2.07. The summed E-state index contributed by atoms with van der Waals surface area (Å²) < 4.78 is 1.65. The van der Waals surface area contributed by atoms with E-state index in [1.807, 2.05) is 19.2 Å². The number of rotatable bonds is 2. The second-order valence-corrected chi connectivity index (χ2v) is 6.17. The minimum Gasteiger partial charge on any atom is -0.349 e. The molecule has 2 aliphatic heterocycles. The largest absolute Gasteiger partial charge is 0.349 e. The molecule has 0 saturated carbocycles. The molecule has 2 bridgehead atoms. The van der Waals surface area contributed by atoms with Crippen molar-refractivity contribution in [3.05, 3.63) is 29.7 Å². The minimum atomic E-state index is -0.0607. The number of fused-ring (bicyclic) bond motifs is 3. The topological polar surface area (TPSA) is 71.3 Å². The average molecular weight is 285 g/mol. The van der Waals surface area contributed by atoms with E-state index in [-0.39, 0.29) is 11.9 Å². The van der Waals surface area contributed by atoms with Crippen LogP contribution in [0.15, 0.2) is 18.5 Å². The Morgan fingerprint density at radius 2 is 2.14 bits per heavy atom. The van der Waals surface area contributed by atoms with Gasteiger partial charge in [-0.3, -0.25) is 4.79 Å². The van der Waals surface area contributed by atoms with Crippen LogP contribution in [0.5, 0.6) is 0 Å². The lowest BCUT2D eigenvalue weighted by Crippen LogP contribution is -2.48. The number of hydrogen-bond acceptors (Lipinski definition) is 4. The van der Waals surface area contributed by atoms with Gasteiger partial charge in [-0.1, -0.05) is 0 Å². The van der Waals surface area contributed by atoms with Crippen LogP contribution in [0, 0.1) is 6.92 Å². The molecule has 0 aliphatic carbocycles. The molecule has 2 N–H and O–H groups in total. The molecule has 0 spiro atoms. The lowest BCUT2D eigenvalue weighted by molar-refractivity contribution is 0.0925. The van der Waals surface area contributed by atoms with Gasteiger partial charge in [0.2, 0.25) is 0 Å².